The standard InChI is InChI=1S/C15H23N3O.BrH/c1-15(19-2,13-8-4-3-5-9-13)12-17-14(16)18-10-6-7-11-18;/h3-5,8-9H,6-7,10-12H2,1-2H3,(H2,16,17);1H. The molecule has 0 aliphatic carbocycles. The predicted octanol–water partition coefficient (Wildman–Crippen LogP) is 2.54. The minimum atomic E-state index is -0.425. The Hall–Kier alpha value is -1.07. The normalized spacial score (nSPS) is 18.5. The number of ether oxygens (including phenoxy) is 1. The van der Waals surface area contributed by atoms with Crippen LogP contribution in [-0.2, 0) is 10.3 Å². The smallest absolute Gasteiger partial charge is 0.191 e. The second-order valence-corrected chi connectivity index (χ2v) is 5.17. The van der Waals surface area contributed by atoms with Crippen molar-refractivity contribution in [2.75, 3.05) is 26.7 Å². The first-order chi connectivity index (χ1) is 9.15. The summed E-state index contributed by atoms with van der Waals surface area (Å²) in [6.45, 7) is 4.62. The number of halogens is 1. The first-order valence-corrected chi connectivity index (χ1v) is 6.81. The van der Waals surface area contributed by atoms with Gasteiger partial charge in [-0.25, -0.2) is 4.99 Å². The van der Waals surface area contributed by atoms with Crippen LogP contribution < -0.4 is 5.73 Å². The van der Waals surface area contributed by atoms with E-state index in [-0.39, 0.29) is 17.0 Å². The molecule has 1 saturated heterocycles. The number of rotatable bonds is 4. The fourth-order valence-electron chi connectivity index (χ4n) is 2.34. The zero-order valence-corrected chi connectivity index (χ0v) is 13.9. The van der Waals surface area contributed by atoms with Crippen LogP contribution in [0.4, 0.5) is 0 Å². The largest absolute Gasteiger partial charge is 0.372 e. The van der Waals surface area contributed by atoms with Crippen molar-refractivity contribution in [3.63, 3.8) is 0 Å². The topological polar surface area (TPSA) is 50.9 Å². The van der Waals surface area contributed by atoms with Gasteiger partial charge in [-0.2, -0.15) is 0 Å². The van der Waals surface area contributed by atoms with Crippen molar-refractivity contribution in [3.8, 4) is 0 Å². The van der Waals surface area contributed by atoms with Gasteiger partial charge in [-0.15, -0.1) is 17.0 Å². The third kappa shape index (κ3) is 3.96. The quantitative estimate of drug-likeness (QED) is 0.676. The van der Waals surface area contributed by atoms with E-state index in [1.165, 1.54) is 12.8 Å². The van der Waals surface area contributed by atoms with E-state index < -0.39 is 5.60 Å². The van der Waals surface area contributed by atoms with E-state index in [9.17, 15) is 0 Å². The Morgan fingerprint density at radius 3 is 2.45 bits per heavy atom. The third-order valence-electron chi connectivity index (χ3n) is 3.81. The van der Waals surface area contributed by atoms with Gasteiger partial charge >= 0.3 is 0 Å². The van der Waals surface area contributed by atoms with Crippen molar-refractivity contribution in [1.29, 1.82) is 0 Å². The molecule has 0 amide bonds. The van der Waals surface area contributed by atoms with Crippen LogP contribution in [-0.4, -0.2) is 37.6 Å². The highest BCUT2D eigenvalue weighted by Gasteiger charge is 2.26. The van der Waals surface area contributed by atoms with Crippen LogP contribution in [0.2, 0.25) is 0 Å². The lowest BCUT2D eigenvalue weighted by Crippen LogP contribution is -2.37. The molecule has 1 fully saturated rings. The molecule has 1 aliphatic rings. The fraction of sp³-hybridized carbons (Fsp3) is 0.533. The molecule has 0 spiro atoms. The van der Waals surface area contributed by atoms with E-state index in [1.54, 1.807) is 7.11 Å². The number of methoxy groups -OCH3 is 1. The summed E-state index contributed by atoms with van der Waals surface area (Å²) in [5, 5.41) is 0. The molecule has 2 N–H and O–H groups in total. The van der Waals surface area contributed by atoms with Gasteiger partial charge in [-0.3, -0.25) is 0 Å². The minimum Gasteiger partial charge on any atom is -0.372 e. The van der Waals surface area contributed by atoms with Gasteiger partial charge in [0.05, 0.1) is 6.54 Å². The molecule has 1 aromatic rings. The summed E-state index contributed by atoms with van der Waals surface area (Å²) in [5.74, 6) is 0.636. The SMILES string of the molecule is Br.COC(C)(CN=C(N)N1CCCC1)c1ccccc1. The lowest BCUT2D eigenvalue weighted by Gasteiger charge is -2.27. The van der Waals surface area contributed by atoms with Gasteiger partial charge in [-0.05, 0) is 25.3 Å². The maximum absolute atomic E-state index is 6.04. The number of hydrogen-bond donors (Lipinski definition) is 1. The molecule has 0 bridgehead atoms. The molecule has 0 aromatic heterocycles. The summed E-state index contributed by atoms with van der Waals surface area (Å²) in [5.41, 5.74) is 6.74. The molecule has 1 heterocycles. The van der Waals surface area contributed by atoms with Gasteiger partial charge in [0, 0.05) is 20.2 Å². The Labute approximate surface area is 131 Å². The van der Waals surface area contributed by atoms with Crippen LogP contribution in [0.25, 0.3) is 0 Å². The summed E-state index contributed by atoms with van der Waals surface area (Å²) in [6.07, 6.45) is 2.41. The van der Waals surface area contributed by atoms with Crippen molar-refractivity contribution < 1.29 is 4.74 Å². The Balaban J connectivity index is 0.00000200. The van der Waals surface area contributed by atoms with E-state index in [1.807, 2.05) is 25.1 Å². The van der Waals surface area contributed by atoms with Crippen LogP contribution in [0.1, 0.15) is 25.3 Å². The average Bonchev–Trinajstić information content (AvgIpc) is 2.99. The van der Waals surface area contributed by atoms with Crippen LogP contribution in [0.3, 0.4) is 0 Å². The van der Waals surface area contributed by atoms with Gasteiger partial charge in [0.15, 0.2) is 5.96 Å². The summed E-state index contributed by atoms with van der Waals surface area (Å²) in [7, 11) is 1.72. The maximum Gasteiger partial charge on any atom is 0.191 e. The lowest BCUT2D eigenvalue weighted by molar-refractivity contribution is 0.0103. The summed E-state index contributed by atoms with van der Waals surface area (Å²) < 4.78 is 5.66. The number of nitrogens with two attached hydrogens (primary N) is 1. The predicted molar refractivity (Wildman–Crippen MR) is 88.4 cm³/mol. The Morgan fingerprint density at radius 1 is 1.30 bits per heavy atom. The van der Waals surface area contributed by atoms with Gasteiger partial charge < -0.3 is 15.4 Å². The fourth-order valence-corrected chi connectivity index (χ4v) is 2.34. The van der Waals surface area contributed by atoms with Crippen LogP contribution in [0.15, 0.2) is 35.3 Å². The van der Waals surface area contributed by atoms with Crippen LogP contribution in [0, 0.1) is 0 Å². The number of hydrogen-bond acceptors (Lipinski definition) is 2. The van der Waals surface area contributed by atoms with E-state index in [4.69, 9.17) is 10.5 Å². The Bertz CT molecular complexity index is 432. The van der Waals surface area contributed by atoms with Gasteiger partial charge in [0.25, 0.3) is 0 Å². The molecule has 2 rings (SSSR count). The lowest BCUT2D eigenvalue weighted by atomic mass is 9.96. The zero-order chi connectivity index (χ0) is 13.7. The molecular weight excluding hydrogens is 318 g/mol. The van der Waals surface area contributed by atoms with Gasteiger partial charge in [0.2, 0.25) is 0 Å². The molecule has 20 heavy (non-hydrogen) atoms. The van der Waals surface area contributed by atoms with E-state index in [2.05, 4.69) is 22.0 Å². The highest BCUT2D eigenvalue weighted by Crippen LogP contribution is 2.24. The first kappa shape index (κ1) is 17.0. The summed E-state index contributed by atoms with van der Waals surface area (Å²) in [4.78, 5) is 6.66. The van der Waals surface area contributed by atoms with Crippen LogP contribution >= 0.6 is 17.0 Å². The van der Waals surface area contributed by atoms with Crippen molar-refractivity contribution in [2.45, 2.75) is 25.4 Å². The monoisotopic (exact) mass is 341 g/mol. The molecular formula is C15H24BrN3O. The van der Waals surface area contributed by atoms with E-state index >= 15 is 0 Å². The number of guanidine groups is 1. The molecule has 112 valence electrons. The second kappa shape index (κ2) is 7.64. The average molecular weight is 342 g/mol. The van der Waals surface area contributed by atoms with Gasteiger partial charge in [-0.1, -0.05) is 30.3 Å². The summed E-state index contributed by atoms with van der Waals surface area (Å²) in [6, 6.07) is 10.2. The molecule has 5 heteroatoms. The van der Waals surface area contributed by atoms with E-state index in [0.717, 1.165) is 18.7 Å². The molecule has 4 nitrogen and oxygen atoms in total. The summed E-state index contributed by atoms with van der Waals surface area (Å²) >= 11 is 0. The number of aliphatic imine (C=N–C) groups is 1. The molecule has 0 saturated carbocycles. The van der Waals surface area contributed by atoms with E-state index in [0.29, 0.717) is 12.5 Å². The zero-order valence-electron chi connectivity index (χ0n) is 12.2. The molecule has 1 aliphatic heterocycles. The van der Waals surface area contributed by atoms with Gasteiger partial charge in [0.1, 0.15) is 5.60 Å². The molecule has 1 aromatic carbocycles. The molecule has 1 atom stereocenters. The number of benzene rings is 1. The van der Waals surface area contributed by atoms with Crippen molar-refractivity contribution >= 4 is 22.9 Å². The maximum atomic E-state index is 6.04. The first-order valence-electron chi connectivity index (χ1n) is 6.81. The third-order valence-corrected chi connectivity index (χ3v) is 3.81. The molecule has 1 unspecified atom stereocenters. The van der Waals surface area contributed by atoms with Crippen molar-refractivity contribution in [3.05, 3.63) is 35.9 Å². The highest BCUT2D eigenvalue weighted by molar-refractivity contribution is 8.93. The number of likely N-dealkylation sites (tertiary alicyclic amines) is 1. The Morgan fingerprint density at radius 2 is 1.90 bits per heavy atom. The van der Waals surface area contributed by atoms with Crippen molar-refractivity contribution in [2.24, 2.45) is 10.7 Å². The Kier molecular flexibility index (Phi) is 6.49. The molecule has 0 radical (unpaired) electrons. The van der Waals surface area contributed by atoms with Crippen LogP contribution in [0.5, 0.6) is 0 Å². The van der Waals surface area contributed by atoms with Crippen molar-refractivity contribution in [1.82, 2.24) is 4.90 Å². The highest BCUT2D eigenvalue weighted by atomic mass is 79.9. The minimum absolute atomic E-state index is 0. The second-order valence-electron chi connectivity index (χ2n) is 5.17. The number of nitrogens with zero attached hydrogens (tertiary/aromatic N) is 2.